The van der Waals surface area contributed by atoms with E-state index in [9.17, 15) is 4.79 Å². The summed E-state index contributed by atoms with van der Waals surface area (Å²) < 4.78 is 5.20. The fourth-order valence-corrected chi connectivity index (χ4v) is 2.09. The van der Waals surface area contributed by atoms with Crippen molar-refractivity contribution in [1.82, 2.24) is 0 Å². The fraction of sp³-hybridized carbons (Fsp3) is 0.133. The van der Waals surface area contributed by atoms with E-state index in [1.165, 1.54) is 0 Å². The van der Waals surface area contributed by atoms with Gasteiger partial charge in [0, 0.05) is 10.9 Å². The van der Waals surface area contributed by atoms with E-state index in [4.69, 9.17) is 4.74 Å². The zero-order chi connectivity index (χ0) is 13.7. The zero-order valence-corrected chi connectivity index (χ0v) is 12.1. The number of alkyl halides is 1. The molecular formula is C15H14BrNO2. The predicted octanol–water partition coefficient (Wildman–Crippen LogP) is 3.84. The van der Waals surface area contributed by atoms with Crippen molar-refractivity contribution in [3.05, 3.63) is 59.7 Å². The molecule has 0 bridgehead atoms. The van der Waals surface area contributed by atoms with Crippen molar-refractivity contribution in [1.29, 1.82) is 0 Å². The van der Waals surface area contributed by atoms with E-state index in [-0.39, 0.29) is 5.91 Å². The van der Waals surface area contributed by atoms with Crippen LogP contribution in [0.3, 0.4) is 0 Å². The summed E-state index contributed by atoms with van der Waals surface area (Å²) in [5.74, 6) is 0.500. The molecule has 0 radical (unpaired) electrons. The second kappa shape index (κ2) is 6.38. The molecule has 0 unspecified atom stereocenters. The van der Waals surface area contributed by atoms with Crippen molar-refractivity contribution in [2.24, 2.45) is 0 Å². The lowest BCUT2D eigenvalue weighted by molar-refractivity contribution is 0.102. The van der Waals surface area contributed by atoms with Crippen LogP contribution in [-0.2, 0) is 5.33 Å². The van der Waals surface area contributed by atoms with Crippen molar-refractivity contribution in [2.45, 2.75) is 5.33 Å². The SMILES string of the molecule is COc1ccccc1NC(=O)c1cccc(CBr)c1. The normalized spacial score (nSPS) is 10.0. The Bertz CT molecular complexity index is 584. The molecule has 0 saturated carbocycles. The van der Waals surface area contributed by atoms with Gasteiger partial charge in [0.1, 0.15) is 5.75 Å². The van der Waals surface area contributed by atoms with Crippen LogP contribution in [0.5, 0.6) is 5.75 Å². The van der Waals surface area contributed by atoms with Crippen LogP contribution in [0.15, 0.2) is 48.5 Å². The van der Waals surface area contributed by atoms with E-state index in [0.29, 0.717) is 17.0 Å². The number of nitrogens with one attached hydrogen (secondary N) is 1. The summed E-state index contributed by atoms with van der Waals surface area (Å²) in [4.78, 5) is 12.2. The highest BCUT2D eigenvalue weighted by atomic mass is 79.9. The molecule has 0 aliphatic heterocycles. The number of methoxy groups -OCH3 is 1. The number of rotatable bonds is 4. The third-order valence-corrected chi connectivity index (χ3v) is 3.35. The van der Waals surface area contributed by atoms with Crippen LogP contribution in [0.4, 0.5) is 5.69 Å². The van der Waals surface area contributed by atoms with E-state index < -0.39 is 0 Å². The zero-order valence-electron chi connectivity index (χ0n) is 10.5. The smallest absolute Gasteiger partial charge is 0.255 e. The molecule has 4 heteroatoms. The molecule has 0 aliphatic rings. The van der Waals surface area contributed by atoms with Gasteiger partial charge < -0.3 is 10.1 Å². The van der Waals surface area contributed by atoms with Crippen LogP contribution in [0.2, 0.25) is 0 Å². The molecule has 0 heterocycles. The first-order valence-electron chi connectivity index (χ1n) is 5.84. The largest absolute Gasteiger partial charge is 0.495 e. The van der Waals surface area contributed by atoms with Gasteiger partial charge in [0.25, 0.3) is 5.91 Å². The van der Waals surface area contributed by atoms with Crippen LogP contribution < -0.4 is 10.1 Å². The topological polar surface area (TPSA) is 38.3 Å². The average Bonchev–Trinajstić information content (AvgIpc) is 2.47. The molecule has 0 aromatic heterocycles. The molecule has 1 N–H and O–H groups in total. The number of benzene rings is 2. The Morgan fingerprint density at radius 1 is 1.21 bits per heavy atom. The number of amides is 1. The maximum atomic E-state index is 12.2. The van der Waals surface area contributed by atoms with Crippen molar-refractivity contribution < 1.29 is 9.53 Å². The number of para-hydroxylation sites is 2. The van der Waals surface area contributed by atoms with Crippen molar-refractivity contribution in [2.75, 3.05) is 12.4 Å². The van der Waals surface area contributed by atoms with Crippen molar-refractivity contribution in [3.8, 4) is 5.75 Å². The first kappa shape index (κ1) is 13.6. The molecule has 0 atom stereocenters. The average molecular weight is 320 g/mol. The lowest BCUT2D eigenvalue weighted by Crippen LogP contribution is -2.12. The monoisotopic (exact) mass is 319 g/mol. The summed E-state index contributed by atoms with van der Waals surface area (Å²) in [5.41, 5.74) is 2.36. The fourth-order valence-electron chi connectivity index (χ4n) is 1.74. The third-order valence-electron chi connectivity index (χ3n) is 2.70. The molecule has 98 valence electrons. The molecule has 2 aromatic carbocycles. The highest BCUT2D eigenvalue weighted by Crippen LogP contribution is 2.23. The highest BCUT2D eigenvalue weighted by Gasteiger charge is 2.09. The van der Waals surface area contributed by atoms with E-state index in [2.05, 4.69) is 21.2 Å². The Morgan fingerprint density at radius 3 is 2.74 bits per heavy atom. The first-order chi connectivity index (χ1) is 9.24. The second-order valence-electron chi connectivity index (χ2n) is 3.99. The van der Waals surface area contributed by atoms with Crippen LogP contribution in [-0.4, -0.2) is 13.0 Å². The second-order valence-corrected chi connectivity index (χ2v) is 4.55. The first-order valence-corrected chi connectivity index (χ1v) is 6.96. The summed E-state index contributed by atoms with van der Waals surface area (Å²) in [6.07, 6.45) is 0. The molecule has 2 aromatic rings. The lowest BCUT2D eigenvalue weighted by Gasteiger charge is -2.10. The minimum atomic E-state index is -0.146. The molecule has 3 nitrogen and oxygen atoms in total. The number of halogens is 1. The number of hydrogen-bond acceptors (Lipinski definition) is 2. The van der Waals surface area contributed by atoms with Gasteiger partial charge in [0.15, 0.2) is 0 Å². The van der Waals surface area contributed by atoms with Gasteiger partial charge >= 0.3 is 0 Å². The van der Waals surface area contributed by atoms with Crippen molar-refractivity contribution in [3.63, 3.8) is 0 Å². The van der Waals surface area contributed by atoms with Crippen LogP contribution in [0.1, 0.15) is 15.9 Å². The summed E-state index contributed by atoms with van der Waals surface area (Å²) in [5, 5.41) is 3.57. The number of ether oxygens (including phenoxy) is 1. The summed E-state index contributed by atoms with van der Waals surface area (Å²) >= 11 is 3.38. The Hall–Kier alpha value is -1.81. The Balaban J connectivity index is 2.20. The van der Waals surface area contributed by atoms with Crippen molar-refractivity contribution >= 4 is 27.5 Å². The van der Waals surface area contributed by atoms with Crippen LogP contribution >= 0.6 is 15.9 Å². The van der Waals surface area contributed by atoms with Gasteiger partial charge in [-0.25, -0.2) is 0 Å². The minimum absolute atomic E-state index is 0.146. The molecule has 19 heavy (non-hydrogen) atoms. The molecular weight excluding hydrogens is 306 g/mol. The minimum Gasteiger partial charge on any atom is -0.495 e. The summed E-state index contributed by atoms with van der Waals surface area (Å²) in [6, 6.07) is 14.8. The maximum absolute atomic E-state index is 12.2. The summed E-state index contributed by atoms with van der Waals surface area (Å²) in [7, 11) is 1.58. The van der Waals surface area contributed by atoms with E-state index in [1.807, 2.05) is 42.5 Å². The molecule has 2 rings (SSSR count). The van der Waals surface area contributed by atoms with Gasteiger partial charge in [-0.2, -0.15) is 0 Å². The third kappa shape index (κ3) is 3.35. The van der Waals surface area contributed by atoms with Gasteiger partial charge in [-0.05, 0) is 29.8 Å². The van der Waals surface area contributed by atoms with Crippen LogP contribution in [0.25, 0.3) is 0 Å². The number of hydrogen-bond donors (Lipinski definition) is 1. The Kier molecular flexibility index (Phi) is 4.58. The van der Waals surface area contributed by atoms with Crippen LogP contribution in [0, 0.1) is 0 Å². The quantitative estimate of drug-likeness (QED) is 0.869. The molecule has 0 spiro atoms. The lowest BCUT2D eigenvalue weighted by atomic mass is 10.1. The number of carbonyl (C=O) groups is 1. The molecule has 0 fully saturated rings. The predicted molar refractivity (Wildman–Crippen MR) is 80.0 cm³/mol. The summed E-state index contributed by atoms with van der Waals surface area (Å²) in [6.45, 7) is 0. The molecule has 1 amide bonds. The number of carbonyl (C=O) groups excluding carboxylic acids is 1. The van der Waals surface area contributed by atoms with Gasteiger partial charge in [-0.15, -0.1) is 0 Å². The Morgan fingerprint density at radius 2 is 2.00 bits per heavy atom. The van der Waals surface area contributed by atoms with Gasteiger partial charge in [-0.3, -0.25) is 4.79 Å². The number of anilines is 1. The van der Waals surface area contributed by atoms with E-state index >= 15 is 0 Å². The van der Waals surface area contributed by atoms with Gasteiger partial charge in [0.2, 0.25) is 0 Å². The van der Waals surface area contributed by atoms with E-state index in [0.717, 1.165) is 10.9 Å². The maximum Gasteiger partial charge on any atom is 0.255 e. The molecule has 0 aliphatic carbocycles. The van der Waals surface area contributed by atoms with Gasteiger partial charge in [0.05, 0.1) is 12.8 Å². The van der Waals surface area contributed by atoms with Gasteiger partial charge in [-0.1, -0.05) is 40.2 Å². The Labute approximate surface area is 120 Å². The molecule has 0 saturated heterocycles. The standard InChI is InChI=1S/C15H14BrNO2/c1-19-14-8-3-2-7-13(14)17-15(18)12-6-4-5-11(9-12)10-16/h2-9H,10H2,1H3,(H,17,18). The van der Waals surface area contributed by atoms with E-state index in [1.54, 1.807) is 13.2 Å². The highest BCUT2D eigenvalue weighted by molar-refractivity contribution is 9.08.